The van der Waals surface area contributed by atoms with Crippen molar-refractivity contribution in [2.75, 3.05) is 36.4 Å². The Labute approximate surface area is 195 Å². The van der Waals surface area contributed by atoms with Crippen LogP contribution in [-0.4, -0.2) is 63.1 Å². The van der Waals surface area contributed by atoms with Crippen molar-refractivity contribution < 1.29 is 4.92 Å². The fourth-order valence-corrected chi connectivity index (χ4v) is 5.45. The minimum Gasteiger partial charge on any atom is -0.361 e. The molecule has 178 valence electrons. The average Bonchev–Trinajstić information content (AvgIpc) is 2.72. The first-order chi connectivity index (χ1) is 15.6. The topological polar surface area (TPSA) is 99.5 Å². The first-order valence-electron chi connectivity index (χ1n) is 11.7. The van der Waals surface area contributed by atoms with Gasteiger partial charge in [0.1, 0.15) is 6.33 Å². The number of hydrogen-bond donors (Lipinski definition) is 2. The zero-order valence-corrected chi connectivity index (χ0v) is 20.0. The van der Waals surface area contributed by atoms with Crippen LogP contribution in [0.4, 0.5) is 17.3 Å². The Kier molecular flexibility index (Phi) is 6.54. The zero-order valence-electron chi connectivity index (χ0n) is 20.0. The lowest BCUT2D eigenvalue weighted by atomic mass is 9.79. The highest BCUT2D eigenvalue weighted by molar-refractivity contribution is 5.70. The molecule has 0 radical (unpaired) electrons. The van der Waals surface area contributed by atoms with Gasteiger partial charge in [0.25, 0.3) is 0 Å². The summed E-state index contributed by atoms with van der Waals surface area (Å²) in [5, 5.41) is 19.2. The van der Waals surface area contributed by atoms with Crippen LogP contribution in [0.25, 0.3) is 0 Å². The second kappa shape index (κ2) is 9.23. The van der Waals surface area contributed by atoms with E-state index in [4.69, 9.17) is 0 Å². The standard InChI is InChI=1S/C24H35N7O2/c1-23(2)14-19(15-24(3,4)28-23)27-21-20(31(32)33)22(26-17-25-21)30-12-10-29(11-13-30)16-18-8-6-5-7-9-18/h5-9,17,19,28H,10-16H2,1-4H3,(H,25,26,27). The number of nitrogens with one attached hydrogen (secondary N) is 2. The molecule has 2 N–H and O–H groups in total. The molecule has 9 heteroatoms. The lowest BCUT2D eigenvalue weighted by Gasteiger charge is -2.46. The van der Waals surface area contributed by atoms with E-state index >= 15 is 0 Å². The van der Waals surface area contributed by atoms with Crippen molar-refractivity contribution in [3.8, 4) is 0 Å². The van der Waals surface area contributed by atoms with Crippen LogP contribution in [0.2, 0.25) is 0 Å². The third-order valence-corrected chi connectivity index (χ3v) is 6.44. The number of nitrogens with zero attached hydrogens (tertiary/aromatic N) is 5. The Morgan fingerprint density at radius 3 is 2.30 bits per heavy atom. The van der Waals surface area contributed by atoms with E-state index in [-0.39, 0.29) is 27.7 Å². The Morgan fingerprint density at radius 2 is 1.70 bits per heavy atom. The molecule has 0 unspecified atom stereocenters. The molecule has 0 aliphatic carbocycles. The molecule has 3 heterocycles. The zero-order chi connectivity index (χ0) is 23.6. The summed E-state index contributed by atoms with van der Waals surface area (Å²) < 4.78 is 0. The van der Waals surface area contributed by atoms with Crippen molar-refractivity contribution in [2.24, 2.45) is 0 Å². The highest BCUT2D eigenvalue weighted by Gasteiger charge is 2.39. The van der Waals surface area contributed by atoms with Gasteiger partial charge in [0.2, 0.25) is 11.6 Å². The molecular weight excluding hydrogens is 418 g/mol. The summed E-state index contributed by atoms with van der Waals surface area (Å²) in [5.41, 5.74) is 1.11. The predicted molar refractivity (Wildman–Crippen MR) is 131 cm³/mol. The molecule has 33 heavy (non-hydrogen) atoms. The van der Waals surface area contributed by atoms with Crippen molar-refractivity contribution in [1.29, 1.82) is 0 Å². The minimum atomic E-state index is -0.342. The average molecular weight is 454 g/mol. The summed E-state index contributed by atoms with van der Waals surface area (Å²) in [6.07, 6.45) is 3.15. The SMILES string of the molecule is CC1(C)CC(Nc2ncnc(N3CCN(Cc4ccccc4)CC3)c2[N+](=O)[O-])CC(C)(C)N1. The third-order valence-electron chi connectivity index (χ3n) is 6.44. The maximum absolute atomic E-state index is 12.1. The van der Waals surface area contributed by atoms with Crippen LogP contribution in [0.1, 0.15) is 46.1 Å². The van der Waals surface area contributed by atoms with E-state index < -0.39 is 0 Å². The Bertz CT molecular complexity index is 956. The molecule has 0 atom stereocenters. The molecule has 0 bridgehead atoms. The van der Waals surface area contributed by atoms with E-state index in [9.17, 15) is 10.1 Å². The van der Waals surface area contributed by atoms with Crippen LogP contribution in [0.3, 0.4) is 0 Å². The normalized spacial score (nSPS) is 21.0. The Balaban J connectivity index is 1.49. The quantitative estimate of drug-likeness (QED) is 0.507. The molecule has 4 rings (SSSR count). The molecule has 0 spiro atoms. The summed E-state index contributed by atoms with van der Waals surface area (Å²) in [6.45, 7) is 12.6. The van der Waals surface area contributed by atoms with Crippen LogP contribution in [0, 0.1) is 10.1 Å². The number of rotatable bonds is 6. The van der Waals surface area contributed by atoms with Gasteiger partial charge in [-0.2, -0.15) is 0 Å². The van der Waals surface area contributed by atoms with Crippen LogP contribution >= 0.6 is 0 Å². The molecule has 0 amide bonds. The lowest BCUT2D eigenvalue weighted by molar-refractivity contribution is -0.383. The van der Waals surface area contributed by atoms with E-state index in [1.807, 2.05) is 11.0 Å². The fraction of sp³-hybridized carbons (Fsp3) is 0.583. The third kappa shape index (κ3) is 5.78. The highest BCUT2D eigenvalue weighted by Crippen LogP contribution is 2.36. The summed E-state index contributed by atoms with van der Waals surface area (Å²) in [5.74, 6) is 0.722. The van der Waals surface area contributed by atoms with Gasteiger partial charge >= 0.3 is 5.69 Å². The van der Waals surface area contributed by atoms with Gasteiger partial charge in [0.15, 0.2) is 0 Å². The molecule has 1 aromatic carbocycles. The van der Waals surface area contributed by atoms with Crippen molar-refractivity contribution in [3.63, 3.8) is 0 Å². The van der Waals surface area contributed by atoms with E-state index in [0.717, 1.165) is 32.5 Å². The van der Waals surface area contributed by atoms with Gasteiger partial charge in [-0.1, -0.05) is 30.3 Å². The lowest BCUT2D eigenvalue weighted by Crippen LogP contribution is -2.60. The van der Waals surface area contributed by atoms with Gasteiger partial charge in [-0.05, 0) is 46.1 Å². The van der Waals surface area contributed by atoms with E-state index in [1.165, 1.54) is 11.9 Å². The van der Waals surface area contributed by atoms with Gasteiger partial charge in [0.05, 0.1) is 4.92 Å². The van der Waals surface area contributed by atoms with Crippen LogP contribution in [0.15, 0.2) is 36.7 Å². The number of piperazine rings is 1. The number of benzene rings is 1. The smallest absolute Gasteiger partial charge is 0.353 e. The molecule has 2 fully saturated rings. The second-order valence-electron chi connectivity index (χ2n) is 10.5. The van der Waals surface area contributed by atoms with Gasteiger partial charge < -0.3 is 15.5 Å². The maximum Gasteiger partial charge on any atom is 0.353 e. The van der Waals surface area contributed by atoms with Gasteiger partial charge in [-0.15, -0.1) is 0 Å². The van der Waals surface area contributed by atoms with Crippen molar-refractivity contribution in [1.82, 2.24) is 20.2 Å². The molecular formula is C24H35N7O2. The van der Waals surface area contributed by atoms with Crippen molar-refractivity contribution >= 4 is 17.3 Å². The summed E-state index contributed by atoms with van der Waals surface area (Å²) >= 11 is 0. The van der Waals surface area contributed by atoms with E-state index in [2.05, 4.69) is 77.5 Å². The van der Waals surface area contributed by atoms with Crippen LogP contribution < -0.4 is 15.5 Å². The maximum atomic E-state index is 12.1. The first kappa shape index (κ1) is 23.4. The molecule has 2 aliphatic rings. The monoisotopic (exact) mass is 453 g/mol. The Hall–Kier alpha value is -2.78. The highest BCUT2D eigenvalue weighted by atomic mass is 16.6. The molecule has 1 aromatic heterocycles. The number of anilines is 2. The van der Waals surface area contributed by atoms with E-state index in [1.54, 1.807) is 0 Å². The fourth-order valence-electron chi connectivity index (χ4n) is 5.45. The molecule has 2 aromatic rings. The van der Waals surface area contributed by atoms with Gasteiger partial charge in [0, 0.05) is 49.8 Å². The minimum absolute atomic E-state index is 0.0249. The van der Waals surface area contributed by atoms with E-state index in [0.29, 0.717) is 24.7 Å². The van der Waals surface area contributed by atoms with Crippen LogP contribution in [-0.2, 0) is 6.54 Å². The first-order valence-corrected chi connectivity index (χ1v) is 11.7. The van der Waals surface area contributed by atoms with Crippen LogP contribution in [0.5, 0.6) is 0 Å². The summed E-state index contributed by atoms with van der Waals surface area (Å²) in [6, 6.07) is 10.5. The number of hydrogen-bond acceptors (Lipinski definition) is 8. The summed E-state index contributed by atoms with van der Waals surface area (Å²) in [4.78, 5) is 24.8. The largest absolute Gasteiger partial charge is 0.361 e. The number of nitro groups is 1. The van der Waals surface area contributed by atoms with Crippen molar-refractivity contribution in [3.05, 3.63) is 52.3 Å². The molecule has 0 saturated carbocycles. The van der Waals surface area contributed by atoms with Crippen molar-refractivity contribution in [2.45, 2.75) is 64.2 Å². The number of aromatic nitrogens is 2. The molecule has 2 saturated heterocycles. The Morgan fingerprint density at radius 1 is 1.06 bits per heavy atom. The second-order valence-corrected chi connectivity index (χ2v) is 10.5. The van der Waals surface area contributed by atoms with Gasteiger partial charge in [-0.25, -0.2) is 9.97 Å². The number of piperidine rings is 1. The molecule has 9 nitrogen and oxygen atoms in total. The summed E-state index contributed by atoms with van der Waals surface area (Å²) in [7, 11) is 0. The van der Waals surface area contributed by atoms with Gasteiger partial charge in [-0.3, -0.25) is 15.0 Å². The molecule has 2 aliphatic heterocycles. The predicted octanol–water partition coefficient (Wildman–Crippen LogP) is 3.43.